The summed E-state index contributed by atoms with van der Waals surface area (Å²) in [6, 6.07) is -0.0388. The lowest BCUT2D eigenvalue weighted by molar-refractivity contribution is -0.131. The van der Waals surface area contributed by atoms with Crippen molar-refractivity contribution in [2.24, 2.45) is 0 Å². The predicted molar refractivity (Wildman–Crippen MR) is 61.8 cm³/mol. The van der Waals surface area contributed by atoms with E-state index < -0.39 is 0 Å². The first-order valence-corrected chi connectivity index (χ1v) is 5.78. The third-order valence-corrected chi connectivity index (χ3v) is 2.80. The molecule has 1 N–H and O–H groups in total. The molecule has 0 aliphatic carbocycles. The summed E-state index contributed by atoms with van der Waals surface area (Å²) in [5, 5.41) is 3.26. The molecule has 1 aliphatic rings. The average Bonchev–Trinajstić information content (AvgIpc) is 2.68. The van der Waals surface area contributed by atoms with E-state index in [1.54, 1.807) is 0 Å². The molecule has 1 aliphatic heterocycles. The molecular formula is C11H23N3O. The fraction of sp³-hybridized carbons (Fsp3) is 0.909. The van der Waals surface area contributed by atoms with E-state index in [-0.39, 0.29) is 11.9 Å². The van der Waals surface area contributed by atoms with Crippen LogP contribution in [0.1, 0.15) is 19.8 Å². The molecule has 1 fully saturated rings. The van der Waals surface area contributed by atoms with Gasteiger partial charge in [-0.05, 0) is 33.9 Å². The molecule has 0 bridgehead atoms. The van der Waals surface area contributed by atoms with Crippen LogP contribution in [0.3, 0.4) is 0 Å². The summed E-state index contributed by atoms with van der Waals surface area (Å²) >= 11 is 0. The lowest BCUT2D eigenvalue weighted by Crippen LogP contribution is -2.45. The average molecular weight is 213 g/mol. The third-order valence-electron chi connectivity index (χ3n) is 2.80. The van der Waals surface area contributed by atoms with E-state index in [0.29, 0.717) is 0 Å². The van der Waals surface area contributed by atoms with E-state index in [4.69, 9.17) is 0 Å². The van der Waals surface area contributed by atoms with Crippen LogP contribution in [0.5, 0.6) is 0 Å². The molecule has 1 unspecified atom stereocenters. The Bertz CT molecular complexity index is 200. The van der Waals surface area contributed by atoms with Gasteiger partial charge in [0.25, 0.3) is 0 Å². The topological polar surface area (TPSA) is 35.6 Å². The number of hydrogen-bond acceptors (Lipinski definition) is 3. The van der Waals surface area contributed by atoms with Gasteiger partial charge in [0, 0.05) is 26.2 Å². The minimum Gasteiger partial charge on any atom is -0.341 e. The molecule has 0 aromatic rings. The molecule has 1 amide bonds. The van der Waals surface area contributed by atoms with E-state index in [1.807, 2.05) is 25.9 Å². The Hall–Kier alpha value is -0.610. The summed E-state index contributed by atoms with van der Waals surface area (Å²) in [5.74, 6) is 0.256. The molecular weight excluding hydrogens is 190 g/mol. The second kappa shape index (κ2) is 6.08. The fourth-order valence-corrected chi connectivity index (χ4v) is 1.80. The van der Waals surface area contributed by atoms with Crippen molar-refractivity contribution < 1.29 is 4.79 Å². The van der Waals surface area contributed by atoms with Gasteiger partial charge in [0.15, 0.2) is 0 Å². The second-order valence-electron chi connectivity index (χ2n) is 4.51. The van der Waals surface area contributed by atoms with Crippen molar-refractivity contribution in [3.63, 3.8) is 0 Å². The van der Waals surface area contributed by atoms with Crippen LogP contribution in [0.2, 0.25) is 0 Å². The smallest absolute Gasteiger partial charge is 0.239 e. The monoisotopic (exact) mass is 213 g/mol. The first kappa shape index (κ1) is 12.5. The molecule has 15 heavy (non-hydrogen) atoms. The minimum atomic E-state index is -0.0388. The number of rotatable bonds is 5. The maximum Gasteiger partial charge on any atom is 0.239 e. The number of carbonyl (C=O) groups excluding carboxylic acids is 1. The van der Waals surface area contributed by atoms with Crippen LogP contribution >= 0.6 is 0 Å². The summed E-state index contributed by atoms with van der Waals surface area (Å²) in [7, 11) is 4.07. The summed E-state index contributed by atoms with van der Waals surface area (Å²) in [4.78, 5) is 15.9. The fourth-order valence-electron chi connectivity index (χ4n) is 1.80. The molecule has 4 heteroatoms. The van der Waals surface area contributed by atoms with E-state index in [0.717, 1.165) is 39.0 Å². The molecule has 1 saturated heterocycles. The van der Waals surface area contributed by atoms with Crippen LogP contribution in [0.4, 0.5) is 0 Å². The second-order valence-corrected chi connectivity index (χ2v) is 4.51. The molecule has 0 aromatic heterocycles. The van der Waals surface area contributed by atoms with Crippen LogP contribution in [0.15, 0.2) is 0 Å². The zero-order valence-electron chi connectivity index (χ0n) is 10.1. The van der Waals surface area contributed by atoms with Crippen molar-refractivity contribution in [1.82, 2.24) is 15.1 Å². The van der Waals surface area contributed by atoms with Gasteiger partial charge in [-0.1, -0.05) is 0 Å². The Morgan fingerprint density at radius 2 is 2.00 bits per heavy atom. The lowest BCUT2D eigenvalue weighted by Gasteiger charge is -2.21. The highest BCUT2D eigenvalue weighted by Gasteiger charge is 2.22. The van der Waals surface area contributed by atoms with Gasteiger partial charge in [0.05, 0.1) is 6.04 Å². The molecule has 1 rings (SSSR count). The van der Waals surface area contributed by atoms with Crippen LogP contribution in [0, 0.1) is 0 Å². The van der Waals surface area contributed by atoms with Gasteiger partial charge < -0.3 is 15.1 Å². The molecule has 88 valence electrons. The van der Waals surface area contributed by atoms with Crippen molar-refractivity contribution >= 4 is 5.91 Å². The number of likely N-dealkylation sites (N-methyl/N-ethyl adjacent to an activating group) is 1. The largest absolute Gasteiger partial charge is 0.341 e. The van der Waals surface area contributed by atoms with Crippen LogP contribution in [-0.4, -0.2) is 62.0 Å². The summed E-state index contributed by atoms with van der Waals surface area (Å²) < 4.78 is 0. The van der Waals surface area contributed by atoms with Crippen LogP contribution < -0.4 is 5.32 Å². The maximum atomic E-state index is 11.9. The van der Waals surface area contributed by atoms with E-state index >= 15 is 0 Å². The van der Waals surface area contributed by atoms with Gasteiger partial charge in [-0.25, -0.2) is 0 Å². The highest BCUT2D eigenvalue weighted by molar-refractivity contribution is 5.81. The predicted octanol–water partition coefficient (Wildman–Crippen LogP) is 0.149. The number of hydrogen-bond donors (Lipinski definition) is 1. The van der Waals surface area contributed by atoms with Gasteiger partial charge >= 0.3 is 0 Å². The maximum absolute atomic E-state index is 11.9. The number of nitrogens with one attached hydrogen (secondary N) is 1. The Morgan fingerprint density at radius 3 is 2.53 bits per heavy atom. The lowest BCUT2D eigenvalue weighted by atomic mass is 10.3. The van der Waals surface area contributed by atoms with Gasteiger partial charge in [-0.15, -0.1) is 0 Å². The van der Waals surface area contributed by atoms with Crippen molar-refractivity contribution in [1.29, 1.82) is 0 Å². The highest BCUT2D eigenvalue weighted by atomic mass is 16.2. The minimum absolute atomic E-state index is 0.0388. The Kier molecular flexibility index (Phi) is 5.05. The van der Waals surface area contributed by atoms with Crippen molar-refractivity contribution in [3.05, 3.63) is 0 Å². The summed E-state index contributed by atoms with van der Waals surface area (Å²) in [5.41, 5.74) is 0. The van der Waals surface area contributed by atoms with E-state index in [2.05, 4.69) is 10.2 Å². The Labute approximate surface area is 92.6 Å². The van der Waals surface area contributed by atoms with E-state index in [9.17, 15) is 4.79 Å². The van der Waals surface area contributed by atoms with Gasteiger partial charge in [0.2, 0.25) is 5.91 Å². The van der Waals surface area contributed by atoms with Crippen molar-refractivity contribution in [3.8, 4) is 0 Å². The van der Waals surface area contributed by atoms with Crippen molar-refractivity contribution in [2.45, 2.75) is 25.8 Å². The van der Waals surface area contributed by atoms with Gasteiger partial charge in [-0.3, -0.25) is 4.79 Å². The zero-order chi connectivity index (χ0) is 11.3. The van der Waals surface area contributed by atoms with Crippen molar-refractivity contribution in [2.75, 3.05) is 40.3 Å². The quantitative estimate of drug-likeness (QED) is 0.706. The van der Waals surface area contributed by atoms with E-state index in [1.165, 1.54) is 0 Å². The first-order valence-electron chi connectivity index (χ1n) is 5.78. The number of amides is 1. The molecule has 1 atom stereocenters. The number of likely N-dealkylation sites (tertiary alicyclic amines) is 1. The summed E-state index contributed by atoms with van der Waals surface area (Å²) in [6.45, 7) is 5.68. The van der Waals surface area contributed by atoms with Gasteiger partial charge in [-0.2, -0.15) is 0 Å². The number of nitrogens with zero attached hydrogens (tertiary/aromatic N) is 2. The zero-order valence-corrected chi connectivity index (χ0v) is 10.1. The van der Waals surface area contributed by atoms with Crippen LogP contribution in [0.25, 0.3) is 0 Å². The first-order chi connectivity index (χ1) is 7.11. The van der Waals surface area contributed by atoms with Gasteiger partial charge in [0.1, 0.15) is 0 Å². The molecule has 4 nitrogen and oxygen atoms in total. The number of carbonyl (C=O) groups is 1. The SMILES string of the molecule is CC(NCCN(C)C)C(=O)N1CCCC1. The molecule has 0 saturated carbocycles. The molecule has 0 radical (unpaired) electrons. The standard InChI is InChI=1S/C11H23N3O/c1-10(12-6-9-13(2)3)11(15)14-7-4-5-8-14/h10,12H,4-9H2,1-3H3. The highest BCUT2D eigenvalue weighted by Crippen LogP contribution is 2.08. The molecule has 0 spiro atoms. The summed E-state index contributed by atoms with van der Waals surface area (Å²) in [6.07, 6.45) is 2.33. The van der Waals surface area contributed by atoms with Crippen LogP contribution in [-0.2, 0) is 4.79 Å². The molecule has 1 heterocycles. The Balaban J connectivity index is 2.20. The Morgan fingerprint density at radius 1 is 1.40 bits per heavy atom. The third kappa shape index (κ3) is 4.18. The molecule has 0 aromatic carbocycles. The normalized spacial score (nSPS) is 18.5.